The molecule has 0 saturated heterocycles. The topological polar surface area (TPSA) is 58.0 Å². The molecule has 4 heteroatoms. The average molecular weight is 195 g/mol. The Morgan fingerprint density at radius 2 is 2.07 bits per heavy atom. The lowest BCUT2D eigenvalue weighted by molar-refractivity contribution is 0.233. The molecule has 0 radical (unpaired) electrons. The Bertz CT molecular complexity index is 323. The van der Waals surface area contributed by atoms with Gasteiger partial charge in [0.1, 0.15) is 0 Å². The number of aliphatic hydroxyl groups is 1. The van der Waals surface area contributed by atoms with Crippen molar-refractivity contribution in [2.75, 3.05) is 11.9 Å². The van der Waals surface area contributed by atoms with E-state index < -0.39 is 0 Å². The molecule has 0 aliphatic rings. The highest BCUT2D eigenvalue weighted by Crippen LogP contribution is 2.11. The predicted octanol–water partition coefficient (Wildman–Crippen LogP) is 1.28. The van der Waals surface area contributed by atoms with Crippen LogP contribution in [0.25, 0.3) is 0 Å². The van der Waals surface area contributed by atoms with Crippen molar-refractivity contribution >= 4 is 5.95 Å². The first-order valence-electron chi connectivity index (χ1n) is 4.64. The zero-order chi connectivity index (χ0) is 10.8. The van der Waals surface area contributed by atoms with E-state index in [-0.39, 0.29) is 12.1 Å². The molecule has 0 saturated carbocycles. The van der Waals surface area contributed by atoms with Gasteiger partial charge >= 0.3 is 0 Å². The Morgan fingerprint density at radius 1 is 1.43 bits per heavy atom. The fourth-order valence-corrected chi connectivity index (χ4v) is 0.930. The molecule has 1 aromatic rings. The minimum Gasteiger partial charge on any atom is -0.394 e. The van der Waals surface area contributed by atoms with E-state index in [1.165, 1.54) is 0 Å². The molecular formula is C10H17N3O. The molecule has 0 amide bonds. The zero-order valence-corrected chi connectivity index (χ0v) is 9.13. The van der Waals surface area contributed by atoms with Gasteiger partial charge in [-0.25, -0.2) is 9.97 Å². The molecule has 1 heterocycles. The molecule has 0 bridgehead atoms. The molecule has 2 N–H and O–H groups in total. The van der Waals surface area contributed by atoms with Crippen LogP contribution in [0.15, 0.2) is 6.20 Å². The third kappa shape index (κ3) is 2.67. The fourth-order valence-electron chi connectivity index (χ4n) is 0.930. The zero-order valence-electron chi connectivity index (χ0n) is 9.13. The highest BCUT2D eigenvalue weighted by Gasteiger charge is 2.17. The first-order chi connectivity index (χ1) is 6.44. The fraction of sp³-hybridized carbons (Fsp3) is 0.600. The lowest BCUT2D eigenvalue weighted by Crippen LogP contribution is -2.35. The summed E-state index contributed by atoms with van der Waals surface area (Å²) in [6.45, 7) is 7.74. The van der Waals surface area contributed by atoms with E-state index in [9.17, 15) is 0 Å². The maximum Gasteiger partial charge on any atom is 0.223 e. The number of aliphatic hydroxyl groups excluding tert-OH is 1. The summed E-state index contributed by atoms with van der Waals surface area (Å²) in [7, 11) is 0. The Morgan fingerprint density at radius 3 is 2.57 bits per heavy atom. The lowest BCUT2D eigenvalue weighted by atomic mass is 10.1. The Balaban J connectivity index is 2.83. The van der Waals surface area contributed by atoms with Gasteiger partial charge in [-0.1, -0.05) is 0 Å². The van der Waals surface area contributed by atoms with E-state index in [2.05, 4.69) is 15.3 Å². The summed E-state index contributed by atoms with van der Waals surface area (Å²) in [5.74, 6) is 0.562. The number of aromatic nitrogens is 2. The molecule has 0 aliphatic carbocycles. The number of nitrogens with one attached hydrogen (secondary N) is 1. The molecule has 0 unspecified atom stereocenters. The van der Waals surface area contributed by atoms with Crippen LogP contribution >= 0.6 is 0 Å². The minimum absolute atomic E-state index is 0.0449. The molecule has 0 spiro atoms. The Hall–Kier alpha value is -1.16. The van der Waals surface area contributed by atoms with Gasteiger partial charge in [0.2, 0.25) is 5.95 Å². The Kier molecular flexibility index (Phi) is 3.06. The van der Waals surface area contributed by atoms with Crippen LogP contribution in [0.2, 0.25) is 0 Å². The highest BCUT2D eigenvalue weighted by molar-refractivity contribution is 5.31. The summed E-state index contributed by atoms with van der Waals surface area (Å²) < 4.78 is 0. The van der Waals surface area contributed by atoms with Crippen LogP contribution < -0.4 is 5.32 Å². The molecule has 0 fully saturated rings. The predicted molar refractivity (Wildman–Crippen MR) is 56.3 cm³/mol. The average Bonchev–Trinajstić information content (AvgIpc) is 2.11. The molecule has 0 aliphatic heterocycles. The number of hydrogen-bond acceptors (Lipinski definition) is 4. The van der Waals surface area contributed by atoms with E-state index in [4.69, 9.17) is 5.11 Å². The van der Waals surface area contributed by atoms with Crippen molar-refractivity contribution in [3.8, 4) is 0 Å². The van der Waals surface area contributed by atoms with E-state index >= 15 is 0 Å². The summed E-state index contributed by atoms with van der Waals surface area (Å²) in [4.78, 5) is 8.41. The monoisotopic (exact) mass is 195 g/mol. The molecule has 1 rings (SSSR count). The molecule has 78 valence electrons. The molecule has 0 atom stereocenters. The first kappa shape index (κ1) is 10.9. The molecule has 4 nitrogen and oxygen atoms in total. The SMILES string of the molecule is Cc1cnc(NC(C)(C)CO)nc1C. The van der Waals surface area contributed by atoms with Gasteiger partial charge in [0.05, 0.1) is 12.1 Å². The van der Waals surface area contributed by atoms with E-state index in [0.29, 0.717) is 5.95 Å². The number of rotatable bonds is 3. The van der Waals surface area contributed by atoms with Crippen LogP contribution in [-0.2, 0) is 0 Å². The summed E-state index contributed by atoms with van der Waals surface area (Å²) in [6.07, 6.45) is 1.78. The summed E-state index contributed by atoms with van der Waals surface area (Å²) in [6, 6.07) is 0. The van der Waals surface area contributed by atoms with Gasteiger partial charge in [0.25, 0.3) is 0 Å². The normalized spacial score (nSPS) is 11.5. The maximum absolute atomic E-state index is 9.06. The van der Waals surface area contributed by atoms with Crippen molar-refractivity contribution in [3.05, 3.63) is 17.5 Å². The third-order valence-corrected chi connectivity index (χ3v) is 2.07. The maximum atomic E-state index is 9.06. The van der Waals surface area contributed by atoms with Gasteiger partial charge in [0, 0.05) is 11.9 Å². The Labute approximate surface area is 84.4 Å². The molecule has 1 aromatic heterocycles. The molecule has 0 aromatic carbocycles. The number of nitrogens with zero attached hydrogens (tertiary/aromatic N) is 2. The van der Waals surface area contributed by atoms with E-state index in [1.807, 2.05) is 27.7 Å². The van der Waals surface area contributed by atoms with Gasteiger partial charge in [-0.15, -0.1) is 0 Å². The van der Waals surface area contributed by atoms with E-state index in [1.54, 1.807) is 6.20 Å². The van der Waals surface area contributed by atoms with Crippen molar-refractivity contribution in [1.29, 1.82) is 0 Å². The lowest BCUT2D eigenvalue weighted by Gasteiger charge is -2.23. The first-order valence-corrected chi connectivity index (χ1v) is 4.64. The smallest absolute Gasteiger partial charge is 0.223 e. The largest absolute Gasteiger partial charge is 0.394 e. The van der Waals surface area contributed by atoms with E-state index in [0.717, 1.165) is 11.3 Å². The van der Waals surface area contributed by atoms with Crippen LogP contribution in [0, 0.1) is 13.8 Å². The van der Waals surface area contributed by atoms with Gasteiger partial charge in [0.15, 0.2) is 0 Å². The summed E-state index contributed by atoms with van der Waals surface area (Å²) in [5, 5.41) is 12.1. The summed E-state index contributed by atoms with van der Waals surface area (Å²) >= 11 is 0. The number of anilines is 1. The van der Waals surface area contributed by atoms with Gasteiger partial charge in [-0.2, -0.15) is 0 Å². The van der Waals surface area contributed by atoms with Crippen LogP contribution in [0.5, 0.6) is 0 Å². The van der Waals surface area contributed by atoms with Crippen molar-refractivity contribution < 1.29 is 5.11 Å². The highest BCUT2D eigenvalue weighted by atomic mass is 16.3. The number of hydrogen-bond donors (Lipinski definition) is 2. The second-order valence-corrected chi connectivity index (χ2v) is 4.13. The second-order valence-electron chi connectivity index (χ2n) is 4.13. The van der Waals surface area contributed by atoms with Crippen LogP contribution in [-0.4, -0.2) is 27.2 Å². The standard InChI is InChI=1S/C10H17N3O/c1-7-5-11-9(12-8(7)2)13-10(3,4)6-14/h5,14H,6H2,1-4H3,(H,11,12,13). The second kappa shape index (κ2) is 3.92. The quantitative estimate of drug-likeness (QED) is 0.762. The van der Waals surface area contributed by atoms with Crippen molar-refractivity contribution in [1.82, 2.24) is 9.97 Å². The van der Waals surface area contributed by atoms with Crippen molar-refractivity contribution in [3.63, 3.8) is 0 Å². The van der Waals surface area contributed by atoms with Gasteiger partial charge < -0.3 is 10.4 Å². The summed E-state index contributed by atoms with van der Waals surface area (Å²) in [5.41, 5.74) is 1.63. The third-order valence-electron chi connectivity index (χ3n) is 2.07. The number of aryl methyl sites for hydroxylation is 2. The van der Waals surface area contributed by atoms with Crippen LogP contribution in [0.4, 0.5) is 5.95 Å². The molecule has 14 heavy (non-hydrogen) atoms. The van der Waals surface area contributed by atoms with Gasteiger partial charge in [-0.05, 0) is 33.3 Å². The molecular weight excluding hydrogens is 178 g/mol. The van der Waals surface area contributed by atoms with Crippen molar-refractivity contribution in [2.24, 2.45) is 0 Å². The van der Waals surface area contributed by atoms with Gasteiger partial charge in [-0.3, -0.25) is 0 Å². The van der Waals surface area contributed by atoms with Crippen LogP contribution in [0.1, 0.15) is 25.1 Å². The van der Waals surface area contributed by atoms with Crippen LogP contribution in [0.3, 0.4) is 0 Å². The van der Waals surface area contributed by atoms with Crippen molar-refractivity contribution in [2.45, 2.75) is 33.2 Å². The minimum atomic E-state index is -0.387.